The number of aliphatic hydroxyl groups excluding tert-OH is 1. The number of cyclic esters (lactones) is 1. The number of benzene rings is 2. The van der Waals surface area contributed by atoms with Crippen molar-refractivity contribution >= 4 is 23.5 Å². The molecule has 1 heterocycles. The third-order valence-electron chi connectivity index (χ3n) is 7.04. The Hall–Kier alpha value is -2.31. The molecule has 1 aliphatic carbocycles. The predicted molar refractivity (Wildman–Crippen MR) is 133 cm³/mol. The zero-order chi connectivity index (χ0) is 24.7. The van der Waals surface area contributed by atoms with Gasteiger partial charge in [0.15, 0.2) is 11.0 Å². The lowest BCUT2D eigenvalue weighted by atomic mass is 9.82. The summed E-state index contributed by atoms with van der Waals surface area (Å²) in [4.78, 5) is 27.5. The van der Waals surface area contributed by atoms with Crippen LogP contribution >= 0.6 is 11.8 Å². The normalized spacial score (nSPS) is 23.1. The highest BCUT2D eigenvalue weighted by molar-refractivity contribution is 8.01. The van der Waals surface area contributed by atoms with Gasteiger partial charge in [-0.05, 0) is 84.4 Å². The van der Waals surface area contributed by atoms with Gasteiger partial charge >= 0.3 is 5.97 Å². The summed E-state index contributed by atoms with van der Waals surface area (Å²) in [6.07, 6.45) is 3.49. The Balaban J connectivity index is 1.55. The SMILES string of the molecule is Cc1cc(SC2C(=O)CC(CCc3ccc(O)cc3)(C3CC3)OC2=O)c(C(C)(C)C)cc1CO. The van der Waals surface area contributed by atoms with E-state index < -0.39 is 16.8 Å². The second-order valence-electron chi connectivity index (χ2n) is 10.8. The molecule has 2 aliphatic rings. The Morgan fingerprint density at radius 3 is 2.35 bits per heavy atom. The third-order valence-corrected chi connectivity index (χ3v) is 8.32. The first-order valence-corrected chi connectivity index (χ1v) is 12.9. The van der Waals surface area contributed by atoms with Crippen LogP contribution < -0.4 is 0 Å². The Labute approximate surface area is 205 Å². The highest BCUT2D eigenvalue weighted by Gasteiger charge is 2.54. The van der Waals surface area contributed by atoms with Gasteiger partial charge in [0.2, 0.25) is 0 Å². The van der Waals surface area contributed by atoms with Crippen molar-refractivity contribution < 1.29 is 24.5 Å². The molecule has 2 atom stereocenters. The number of thioether (sulfide) groups is 1. The highest BCUT2D eigenvalue weighted by Crippen LogP contribution is 2.50. The first-order chi connectivity index (χ1) is 16.0. The second-order valence-corrected chi connectivity index (χ2v) is 11.9. The smallest absolute Gasteiger partial charge is 0.327 e. The monoisotopic (exact) mass is 482 g/mol. The van der Waals surface area contributed by atoms with Gasteiger partial charge in [0.05, 0.1) is 6.61 Å². The molecule has 0 radical (unpaired) electrons. The van der Waals surface area contributed by atoms with Gasteiger partial charge in [-0.2, -0.15) is 0 Å². The third kappa shape index (κ3) is 5.18. The number of hydrogen-bond donors (Lipinski definition) is 2. The molecule has 2 fully saturated rings. The minimum absolute atomic E-state index is 0.0464. The summed E-state index contributed by atoms with van der Waals surface area (Å²) < 4.78 is 6.13. The number of aliphatic hydroxyl groups is 1. The highest BCUT2D eigenvalue weighted by atomic mass is 32.2. The molecule has 1 aliphatic heterocycles. The molecule has 2 unspecified atom stereocenters. The Morgan fingerprint density at radius 2 is 1.79 bits per heavy atom. The van der Waals surface area contributed by atoms with Crippen LogP contribution in [0, 0.1) is 12.8 Å². The Bertz CT molecular complexity index is 1060. The van der Waals surface area contributed by atoms with Gasteiger partial charge in [-0.25, -0.2) is 0 Å². The molecule has 6 heteroatoms. The number of aryl methyl sites for hydroxylation is 2. The predicted octanol–water partition coefficient (Wildman–Crippen LogP) is 5.25. The topological polar surface area (TPSA) is 83.8 Å². The summed E-state index contributed by atoms with van der Waals surface area (Å²) >= 11 is 1.28. The van der Waals surface area contributed by atoms with E-state index in [-0.39, 0.29) is 35.9 Å². The number of carbonyl (C=O) groups excluding carboxylic acids is 2. The minimum Gasteiger partial charge on any atom is -0.508 e. The van der Waals surface area contributed by atoms with Crippen LogP contribution in [-0.2, 0) is 32.8 Å². The van der Waals surface area contributed by atoms with Gasteiger partial charge < -0.3 is 14.9 Å². The van der Waals surface area contributed by atoms with Crippen molar-refractivity contribution in [3.05, 3.63) is 58.7 Å². The lowest BCUT2D eigenvalue weighted by Gasteiger charge is -2.39. The summed E-state index contributed by atoms with van der Waals surface area (Å²) in [5, 5.41) is 18.4. The van der Waals surface area contributed by atoms with E-state index in [2.05, 4.69) is 20.8 Å². The summed E-state index contributed by atoms with van der Waals surface area (Å²) in [6.45, 7) is 8.15. The van der Waals surface area contributed by atoms with Gasteiger partial charge in [0, 0.05) is 11.3 Å². The number of aromatic hydroxyl groups is 1. The van der Waals surface area contributed by atoms with Gasteiger partial charge in [0.1, 0.15) is 11.4 Å². The van der Waals surface area contributed by atoms with E-state index in [1.54, 1.807) is 12.1 Å². The van der Waals surface area contributed by atoms with E-state index in [1.807, 2.05) is 31.2 Å². The van der Waals surface area contributed by atoms with E-state index in [9.17, 15) is 19.8 Å². The molecule has 2 aromatic rings. The first-order valence-electron chi connectivity index (χ1n) is 12.0. The van der Waals surface area contributed by atoms with E-state index >= 15 is 0 Å². The van der Waals surface area contributed by atoms with Gasteiger partial charge in [-0.3, -0.25) is 9.59 Å². The van der Waals surface area contributed by atoms with Crippen molar-refractivity contribution in [1.29, 1.82) is 0 Å². The number of phenolic OH excluding ortho intramolecular Hbond substituents is 1. The lowest BCUT2D eigenvalue weighted by Crippen LogP contribution is -2.50. The molecule has 182 valence electrons. The summed E-state index contributed by atoms with van der Waals surface area (Å²) in [6, 6.07) is 11.0. The number of carbonyl (C=O) groups is 2. The van der Waals surface area contributed by atoms with Gasteiger partial charge in [0.25, 0.3) is 0 Å². The molecule has 2 aromatic carbocycles. The Morgan fingerprint density at radius 1 is 1.12 bits per heavy atom. The number of esters is 1. The summed E-state index contributed by atoms with van der Waals surface area (Å²) in [7, 11) is 0. The lowest BCUT2D eigenvalue weighted by molar-refractivity contribution is -0.173. The zero-order valence-corrected chi connectivity index (χ0v) is 21.2. The first kappa shape index (κ1) is 24.8. The molecule has 1 saturated heterocycles. The second kappa shape index (κ2) is 9.38. The van der Waals surface area contributed by atoms with E-state index in [0.29, 0.717) is 12.8 Å². The molecule has 0 spiro atoms. The molecule has 4 rings (SSSR count). The van der Waals surface area contributed by atoms with E-state index in [4.69, 9.17) is 4.74 Å². The van der Waals surface area contributed by atoms with Crippen LogP contribution in [0.2, 0.25) is 0 Å². The van der Waals surface area contributed by atoms with Crippen molar-refractivity contribution in [2.24, 2.45) is 5.92 Å². The maximum absolute atomic E-state index is 13.4. The zero-order valence-electron chi connectivity index (χ0n) is 20.4. The largest absolute Gasteiger partial charge is 0.508 e. The van der Waals surface area contributed by atoms with Gasteiger partial charge in [-0.15, -0.1) is 11.8 Å². The van der Waals surface area contributed by atoms with Crippen LogP contribution in [-0.4, -0.2) is 32.8 Å². The van der Waals surface area contributed by atoms with Crippen molar-refractivity contribution in [2.45, 2.75) is 87.6 Å². The van der Waals surface area contributed by atoms with E-state index in [1.165, 1.54) is 11.8 Å². The molecule has 34 heavy (non-hydrogen) atoms. The molecule has 0 bridgehead atoms. The number of Topliss-reactive ketones (excluding diaryl/α,β-unsaturated/α-hetero) is 1. The van der Waals surface area contributed by atoms with Crippen molar-refractivity contribution in [1.82, 2.24) is 0 Å². The maximum atomic E-state index is 13.4. The molecule has 0 aromatic heterocycles. The van der Waals surface area contributed by atoms with Gasteiger partial charge in [-0.1, -0.05) is 39.0 Å². The fourth-order valence-corrected chi connectivity index (χ4v) is 6.18. The number of ketones is 1. The van der Waals surface area contributed by atoms with Crippen molar-refractivity contribution in [3.63, 3.8) is 0 Å². The summed E-state index contributed by atoms with van der Waals surface area (Å²) in [5.74, 6) is -0.0541. The number of rotatable bonds is 7. The van der Waals surface area contributed by atoms with Crippen molar-refractivity contribution in [2.75, 3.05) is 0 Å². The fraction of sp³-hybridized carbons (Fsp3) is 0.500. The summed E-state index contributed by atoms with van der Waals surface area (Å²) in [5.41, 5.74) is 2.92. The molecule has 0 amide bonds. The molecular weight excluding hydrogens is 448 g/mol. The van der Waals surface area contributed by atoms with Crippen molar-refractivity contribution in [3.8, 4) is 5.75 Å². The average Bonchev–Trinajstić information content (AvgIpc) is 3.61. The van der Waals surface area contributed by atoms with Crippen LogP contribution in [0.5, 0.6) is 5.75 Å². The van der Waals surface area contributed by atoms with Crippen LogP contribution in [0.25, 0.3) is 0 Å². The Kier molecular flexibility index (Phi) is 6.85. The van der Waals surface area contributed by atoms with E-state index in [0.717, 1.165) is 40.0 Å². The number of phenols is 1. The molecule has 5 nitrogen and oxygen atoms in total. The molecule has 2 N–H and O–H groups in total. The number of hydrogen-bond acceptors (Lipinski definition) is 6. The van der Waals surface area contributed by atoms with Crippen LogP contribution in [0.15, 0.2) is 41.3 Å². The van der Waals surface area contributed by atoms with Crippen LogP contribution in [0.3, 0.4) is 0 Å². The fourth-order valence-electron chi connectivity index (χ4n) is 4.83. The standard InChI is InChI=1S/C28H34O5S/c1-17-13-24(22(27(2,3)4)14-19(17)16-29)34-25-23(31)15-28(20-7-8-20,33-26(25)32)12-11-18-5-9-21(30)10-6-18/h5-6,9-10,13-14,20,25,29-30H,7-8,11-12,15-16H2,1-4H3. The number of ether oxygens (including phenoxy) is 1. The maximum Gasteiger partial charge on any atom is 0.327 e. The van der Waals surface area contributed by atoms with Crippen LogP contribution in [0.1, 0.15) is 68.7 Å². The average molecular weight is 483 g/mol. The minimum atomic E-state index is -0.874. The van der Waals surface area contributed by atoms with Crippen LogP contribution in [0.4, 0.5) is 0 Å². The molecular formula is C28H34O5S. The quantitative estimate of drug-likeness (QED) is 0.414. The molecule has 1 saturated carbocycles.